The minimum absolute atomic E-state index is 0.0100. The molecule has 3 saturated carbocycles. The zero-order chi connectivity index (χ0) is 23.9. The first-order chi connectivity index (χ1) is 14.8. The number of carbonyl (C=O) groups is 1. The molecule has 3 fully saturated rings. The lowest BCUT2D eigenvalue weighted by Crippen LogP contribution is -2.52. The molecular formula is C26H44O5S. The summed E-state index contributed by atoms with van der Waals surface area (Å²) >= 11 is 0. The fourth-order valence-electron chi connectivity index (χ4n) is 7.95. The Labute approximate surface area is 195 Å². The van der Waals surface area contributed by atoms with Gasteiger partial charge in [-0.2, -0.15) is 8.42 Å². The van der Waals surface area contributed by atoms with Crippen molar-refractivity contribution in [2.45, 2.75) is 79.6 Å². The van der Waals surface area contributed by atoms with Crippen molar-refractivity contribution in [3.8, 4) is 0 Å². The van der Waals surface area contributed by atoms with Crippen molar-refractivity contribution < 1.29 is 22.1 Å². The van der Waals surface area contributed by atoms with Crippen molar-refractivity contribution >= 4 is 16.1 Å². The molecule has 0 bridgehead atoms. The van der Waals surface area contributed by atoms with Crippen LogP contribution in [0.15, 0.2) is 12.2 Å². The lowest BCUT2D eigenvalue weighted by Gasteiger charge is -2.57. The molecule has 0 aromatic rings. The maximum Gasteiger partial charge on any atom is 0.302 e. The van der Waals surface area contributed by atoms with Crippen molar-refractivity contribution in [3.63, 3.8) is 0 Å². The molecule has 32 heavy (non-hydrogen) atoms. The van der Waals surface area contributed by atoms with Crippen molar-refractivity contribution in [1.82, 2.24) is 0 Å². The second-order valence-corrected chi connectivity index (χ2v) is 13.4. The molecule has 0 aromatic heterocycles. The highest BCUT2D eigenvalue weighted by Gasteiger charge is 2.58. The Bertz CT molecular complexity index is 820. The maximum atomic E-state index is 12.0. The smallest absolute Gasteiger partial charge is 0.302 e. The van der Waals surface area contributed by atoms with Gasteiger partial charge in [0, 0.05) is 6.92 Å². The van der Waals surface area contributed by atoms with Gasteiger partial charge < -0.3 is 4.74 Å². The molecule has 3 rings (SSSR count). The standard InChI is InChI=1S/C26H44O5S/c1-17(2)22-8-9-23-21(16-31-32(7,28)29)24(11-13-26(22,23)6)25(5)12-10-18(3)14-20(25)15-30-19(4)27/h18,20-24H,1,8-16H2,2-7H3/t18-,20+,21-,22+,23?,24?,25-,26+/m0/s1. The molecule has 2 unspecified atom stereocenters. The van der Waals surface area contributed by atoms with Crippen LogP contribution in [0.1, 0.15) is 79.6 Å². The third-order valence-corrected chi connectivity index (χ3v) is 10.2. The number of allylic oxidation sites excluding steroid dienone is 1. The summed E-state index contributed by atoms with van der Waals surface area (Å²) in [5, 5.41) is 0. The second-order valence-electron chi connectivity index (χ2n) is 11.8. The molecule has 8 atom stereocenters. The van der Waals surface area contributed by atoms with E-state index in [0.29, 0.717) is 36.2 Å². The predicted octanol–water partition coefficient (Wildman–Crippen LogP) is 5.60. The molecule has 0 heterocycles. The Balaban J connectivity index is 1.95. The highest BCUT2D eigenvalue weighted by Crippen LogP contribution is 2.65. The molecule has 3 aliphatic carbocycles. The van der Waals surface area contributed by atoms with E-state index in [1.54, 1.807) is 0 Å². The van der Waals surface area contributed by atoms with E-state index in [-0.39, 0.29) is 29.3 Å². The highest BCUT2D eigenvalue weighted by atomic mass is 32.2. The van der Waals surface area contributed by atoms with Crippen molar-refractivity contribution in [3.05, 3.63) is 12.2 Å². The average molecular weight is 469 g/mol. The number of rotatable bonds is 7. The second kappa shape index (κ2) is 9.40. The van der Waals surface area contributed by atoms with Gasteiger partial charge in [-0.05, 0) is 91.8 Å². The van der Waals surface area contributed by atoms with Crippen LogP contribution in [0.3, 0.4) is 0 Å². The summed E-state index contributed by atoms with van der Waals surface area (Å²) in [5.74, 6) is 2.15. The predicted molar refractivity (Wildman–Crippen MR) is 127 cm³/mol. The first-order valence-electron chi connectivity index (χ1n) is 12.4. The van der Waals surface area contributed by atoms with Crippen LogP contribution in [0, 0.1) is 46.3 Å². The van der Waals surface area contributed by atoms with Crippen molar-refractivity contribution in [2.24, 2.45) is 46.3 Å². The lowest BCUT2D eigenvalue weighted by molar-refractivity contribution is -0.149. The van der Waals surface area contributed by atoms with E-state index in [1.165, 1.54) is 18.9 Å². The molecule has 0 spiro atoms. The number of fused-ring (bicyclic) bond motifs is 1. The first kappa shape index (κ1) is 25.7. The van der Waals surface area contributed by atoms with Gasteiger partial charge in [-0.3, -0.25) is 8.98 Å². The van der Waals surface area contributed by atoms with E-state index in [1.807, 2.05) is 0 Å². The Hall–Kier alpha value is -0.880. The molecule has 6 heteroatoms. The zero-order valence-electron chi connectivity index (χ0n) is 21.0. The van der Waals surface area contributed by atoms with Crippen LogP contribution in [0.4, 0.5) is 0 Å². The zero-order valence-corrected chi connectivity index (χ0v) is 21.8. The third kappa shape index (κ3) is 5.11. The van der Waals surface area contributed by atoms with Gasteiger partial charge in [0.2, 0.25) is 0 Å². The van der Waals surface area contributed by atoms with Gasteiger partial charge in [0.1, 0.15) is 0 Å². The number of carbonyl (C=O) groups excluding carboxylic acids is 1. The lowest BCUT2D eigenvalue weighted by atomic mass is 9.48. The molecule has 0 saturated heterocycles. The molecule has 0 aliphatic heterocycles. The summed E-state index contributed by atoms with van der Waals surface area (Å²) in [5.41, 5.74) is 1.41. The molecule has 0 amide bonds. The van der Waals surface area contributed by atoms with Crippen LogP contribution in [0.25, 0.3) is 0 Å². The Morgan fingerprint density at radius 1 is 1.00 bits per heavy atom. The van der Waals surface area contributed by atoms with Crippen molar-refractivity contribution in [2.75, 3.05) is 19.5 Å². The van der Waals surface area contributed by atoms with Crippen LogP contribution in [-0.4, -0.2) is 33.9 Å². The van der Waals surface area contributed by atoms with E-state index < -0.39 is 10.1 Å². The van der Waals surface area contributed by atoms with Crippen LogP contribution in [-0.2, 0) is 23.8 Å². The molecule has 0 aromatic carbocycles. The van der Waals surface area contributed by atoms with Crippen LogP contribution >= 0.6 is 0 Å². The summed E-state index contributed by atoms with van der Waals surface area (Å²) in [7, 11) is -3.51. The fourth-order valence-corrected chi connectivity index (χ4v) is 8.35. The fraction of sp³-hybridized carbons (Fsp3) is 0.885. The Morgan fingerprint density at radius 2 is 1.62 bits per heavy atom. The van der Waals surface area contributed by atoms with E-state index >= 15 is 0 Å². The quantitative estimate of drug-likeness (QED) is 0.276. The summed E-state index contributed by atoms with van der Waals surface area (Å²) in [6, 6.07) is 0. The molecule has 3 aliphatic rings. The number of esters is 1. The average Bonchev–Trinajstić information content (AvgIpc) is 3.03. The SMILES string of the molecule is C=C(C)[C@H]1CCC2[C@H](COS(C)(=O)=O)C([C@@]3(C)CC[C@H](C)C[C@@H]3COC(C)=O)CC[C@@]21C. The number of ether oxygens (including phenoxy) is 1. The van der Waals surface area contributed by atoms with E-state index in [0.717, 1.165) is 44.8 Å². The van der Waals surface area contributed by atoms with E-state index in [2.05, 4.69) is 34.3 Å². The van der Waals surface area contributed by atoms with Gasteiger partial charge in [0.05, 0.1) is 19.5 Å². The minimum Gasteiger partial charge on any atom is -0.466 e. The van der Waals surface area contributed by atoms with Gasteiger partial charge in [0.25, 0.3) is 10.1 Å². The Kier molecular flexibility index (Phi) is 7.56. The monoisotopic (exact) mass is 468 g/mol. The first-order valence-corrected chi connectivity index (χ1v) is 14.2. The van der Waals surface area contributed by atoms with Crippen molar-refractivity contribution in [1.29, 1.82) is 0 Å². The summed E-state index contributed by atoms with van der Waals surface area (Å²) in [6.45, 7) is 15.7. The largest absolute Gasteiger partial charge is 0.466 e. The number of hydrogen-bond donors (Lipinski definition) is 0. The van der Waals surface area contributed by atoms with E-state index in [4.69, 9.17) is 8.92 Å². The third-order valence-electron chi connectivity index (χ3n) is 9.64. The van der Waals surface area contributed by atoms with Gasteiger partial charge in [-0.25, -0.2) is 0 Å². The molecule has 0 radical (unpaired) electrons. The highest BCUT2D eigenvalue weighted by molar-refractivity contribution is 7.85. The number of hydrogen-bond acceptors (Lipinski definition) is 5. The summed E-state index contributed by atoms with van der Waals surface area (Å²) in [4.78, 5) is 11.6. The molecule has 184 valence electrons. The van der Waals surface area contributed by atoms with E-state index in [9.17, 15) is 13.2 Å². The normalized spacial score (nSPS) is 42.3. The molecule has 5 nitrogen and oxygen atoms in total. The van der Waals surface area contributed by atoms with Crippen LogP contribution in [0.2, 0.25) is 0 Å². The topological polar surface area (TPSA) is 69.7 Å². The molecular weight excluding hydrogens is 424 g/mol. The maximum absolute atomic E-state index is 12.0. The Morgan fingerprint density at radius 3 is 2.22 bits per heavy atom. The summed E-state index contributed by atoms with van der Waals surface area (Å²) in [6.07, 6.45) is 8.90. The summed E-state index contributed by atoms with van der Waals surface area (Å²) < 4.78 is 35.0. The molecule has 0 N–H and O–H groups in total. The van der Waals surface area contributed by atoms with Gasteiger partial charge in [-0.1, -0.05) is 39.3 Å². The minimum atomic E-state index is -3.51. The van der Waals surface area contributed by atoms with Gasteiger partial charge >= 0.3 is 5.97 Å². The van der Waals surface area contributed by atoms with Gasteiger partial charge in [0.15, 0.2) is 0 Å². The van der Waals surface area contributed by atoms with Crippen LogP contribution in [0.5, 0.6) is 0 Å². The van der Waals surface area contributed by atoms with Gasteiger partial charge in [-0.15, -0.1) is 0 Å². The van der Waals surface area contributed by atoms with Crippen LogP contribution < -0.4 is 0 Å².